The minimum atomic E-state index is -0.916. The highest BCUT2D eigenvalue weighted by atomic mass is 16.3. The number of fused-ring (bicyclic) bond motifs is 1. The molecule has 2 fully saturated rings. The molecule has 0 aliphatic heterocycles. The third-order valence-corrected chi connectivity index (χ3v) is 7.13. The molecule has 0 aromatic rings. The summed E-state index contributed by atoms with van der Waals surface area (Å²) in [7, 11) is 0. The first-order valence-electron chi connectivity index (χ1n) is 11.3. The zero-order chi connectivity index (χ0) is 21.2. The highest BCUT2D eigenvalue weighted by Crippen LogP contribution is 2.56. The van der Waals surface area contributed by atoms with E-state index in [1.54, 1.807) is 25.0 Å². The summed E-state index contributed by atoms with van der Waals surface area (Å²) in [6.45, 7) is 12.4. The van der Waals surface area contributed by atoms with Gasteiger partial charge < -0.3 is 10.2 Å². The third kappa shape index (κ3) is 5.14. The molecule has 0 bridgehead atoms. The molecule has 3 rings (SSSR count). The molecule has 0 heterocycles. The molecule has 2 heteroatoms. The molecule has 3 aliphatic carbocycles. The molecule has 0 aromatic carbocycles. The van der Waals surface area contributed by atoms with E-state index in [0.29, 0.717) is 11.8 Å². The van der Waals surface area contributed by atoms with E-state index in [0.717, 1.165) is 32.1 Å². The van der Waals surface area contributed by atoms with E-state index in [2.05, 4.69) is 50.5 Å². The molecule has 0 unspecified atom stereocenters. The fourth-order valence-corrected chi connectivity index (χ4v) is 5.54. The molecule has 2 nitrogen and oxygen atoms in total. The van der Waals surface area contributed by atoms with Crippen LogP contribution in [0.1, 0.15) is 79.1 Å². The predicted molar refractivity (Wildman–Crippen MR) is 121 cm³/mol. The maximum atomic E-state index is 10.0. The van der Waals surface area contributed by atoms with Crippen LogP contribution in [0.4, 0.5) is 0 Å². The quantitative estimate of drug-likeness (QED) is 0.464. The van der Waals surface area contributed by atoms with Gasteiger partial charge in [-0.05, 0) is 81.6 Å². The standard InChI is InChI=1S/C27H38O2/c1-19-10-13-23(28)18-22(19)12-11-21-9-7-17-27(5)24(14-15-25(21)27)20(2)8-6-16-26(3,4)29/h11-12,14,20,23,25,28-29H,1,7-10,13,15,17-18H2,2-5H3/t20-,23-,25+,27-/m1/s1. The van der Waals surface area contributed by atoms with Gasteiger partial charge in [0.25, 0.3) is 0 Å². The Labute approximate surface area is 177 Å². The van der Waals surface area contributed by atoms with Crippen LogP contribution in [0.15, 0.2) is 47.1 Å². The van der Waals surface area contributed by atoms with Gasteiger partial charge >= 0.3 is 0 Å². The Morgan fingerprint density at radius 3 is 2.83 bits per heavy atom. The van der Waals surface area contributed by atoms with Gasteiger partial charge in [0, 0.05) is 6.42 Å². The van der Waals surface area contributed by atoms with Crippen LogP contribution in [-0.2, 0) is 0 Å². The van der Waals surface area contributed by atoms with E-state index in [-0.39, 0.29) is 11.5 Å². The summed E-state index contributed by atoms with van der Waals surface area (Å²) >= 11 is 0. The van der Waals surface area contributed by atoms with Gasteiger partial charge in [-0.15, -0.1) is 0 Å². The molecule has 0 aromatic heterocycles. The highest BCUT2D eigenvalue weighted by Gasteiger charge is 2.45. The number of aliphatic hydroxyl groups excluding tert-OH is 1. The van der Waals surface area contributed by atoms with Crippen LogP contribution in [0.3, 0.4) is 0 Å². The molecule has 158 valence electrons. The highest BCUT2D eigenvalue weighted by molar-refractivity contribution is 5.38. The van der Waals surface area contributed by atoms with Crippen LogP contribution in [0.25, 0.3) is 0 Å². The number of rotatable bonds is 3. The summed E-state index contributed by atoms with van der Waals surface area (Å²) in [4.78, 5) is 0. The normalized spacial score (nSPS) is 33.9. The molecular weight excluding hydrogens is 356 g/mol. The Morgan fingerprint density at radius 1 is 1.34 bits per heavy atom. The maximum Gasteiger partial charge on any atom is 0.119 e. The van der Waals surface area contributed by atoms with Crippen molar-refractivity contribution in [1.29, 1.82) is 0 Å². The summed E-state index contributed by atoms with van der Waals surface area (Å²) in [5.41, 5.74) is 4.84. The van der Waals surface area contributed by atoms with Crippen LogP contribution in [-0.4, -0.2) is 21.9 Å². The van der Waals surface area contributed by atoms with Crippen LogP contribution in [0.5, 0.6) is 0 Å². The lowest BCUT2D eigenvalue weighted by Gasteiger charge is -2.42. The fourth-order valence-electron chi connectivity index (χ4n) is 5.54. The van der Waals surface area contributed by atoms with Crippen molar-refractivity contribution in [2.45, 2.75) is 90.8 Å². The molecule has 29 heavy (non-hydrogen) atoms. The second-order valence-corrected chi connectivity index (χ2v) is 10.1. The van der Waals surface area contributed by atoms with Crippen molar-refractivity contribution in [2.24, 2.45) is 17.3 Å². The van der Waals surface area contributed by atoms with Crippen LogP contribution < -0.4 is 0 Å². The van der Waals surface area contributed by atoms with Crippen LogP contribution in [0.2, 0.25) is 0 Å². The lowest BCUT2D eigenvalue weighted by atomic mass is 9.62. The first-order chi connectivity index (χ1) is 13.6. The Bertz CT molecular complexity index is 793. The van der Waals surface area contributed by atoms with Gasteiger partial charge in [-0.25, -0.2) is 0 Å². The first kappa shape index (κ1) is 22.1. The van der Waals surface area contributed by atoms with Crippen molar-refractivity contribution in [2.75, 3.05) is 0 Å². The number of hydrogen-bond acceptors (Lipinski definition) is 2. The zero-order valence-corrected chi connectivity index (χ0v) is 18.7. The van der Waals surface area contributed by atoms with Gasteiger partial charge in [0.1, 0.15) is 5.60 Å². The van der Waals surface area contributed by atoms with Crippen LogP contribution >= 0.6 is 0 Å². The van der Waals surface area contributed by atoms with E-state index in [9.17, 15) is 10.2 Å². The van der Waals surface area contributed by atoms with Crippen molar-refractivity contribution >= 4 is 0 Å². The topological polar surface area (TPSA) is 40.5 Å². The second-order valence-electron chi connectivity index (χ2n) is 10.1. The molecule has 4 atom stereocenters. The van der Waals surface area contributed by atoms with E-state index in [4.69, 9.17) is 0 Å². The summed E-state index contributed by atoms with van der Waals surface area (Å²) in [5.74, 6) is 7.17. The molecular formula is C27H38O2. The van der Waals surface area contributed by atoms with Crippen molar-refractivity contribution in [1.82, 2.24) is 0 Å². The van der Waals surface area contributed by atoms with Crippen molar-refractivity contribution in [3.05, 3.63) is 47.1 Å². The summed E-state index contributed by atoms with van der Waals surface area (Å²) in [6.07, 6.45) is 14.9. The number of allylic oxidation sites excluding steroid dienone is 6. The third-order valence-electron chi connectivity index (χ3n) is 7.13. The molecule has 0 spiro atoms. The van der Waals surface area contributed by atoms with Gasteiger partial charge in [-0.3, -0.25) is 0 Å². The molecule has 0 radical (unpaired) electrons. The smallest absolute Gasteiger partial charge is 0.119 e. The molecule has 3 aliphatic rings. The second kappa shape index (κ2) is 8.66. The Hall–Kier alpha value is -1.56. The predicted octanol–water partition coefficient (Wildman–Crippen LogP) is 5.88. The summed E-state index contributed by atoms with van der Waals surface area (Å²) < 4.78 is 0. The SMILES string of the molecule is C=C1CC[C@@H](O)CC1=CC=C1CCC[C@]2(C)C([C@H](C)CC#CC(C)(C)O)=CC[C@@H]12. The molecule has 0 amide bonds. The lowest BCUT2D eigenvalue weighted by Crippen LogP contribution is -2.32. The Kier molecular flexibility index (Phi) is 6.61. The minimum absolute atomic E-state index is 0.215. The van der Waals surface area contributed by atoms with Gasteiger partial charge in [0.05, 0.1) is 6.10 Å². The van der Waals surface area contributed by atoms with E-state index >= 15 is 0 Å². The molecule has 2 saturated carbocycles. The van der Waals surface area contributed by atoms with Gasteiger partial charge in [-0.1, -0.05) is 67.2 Å². The van der Waals surface area contributed by atoms with Crippen molar-refractivity contribution in [3.63, 3.8) is 0 Å². The number of hydrogen-bond donors (Lipinski definition) is 2. The monoisotopic (exact) mass is 394 g/mol. The molecule has 0 saturated heterocycles. The van der Waals surface area contributed by atoms with E-state index in [1.165, 1.54) is 30.4 Å². The van der Waals surface area contributed by atoms with Gasteiger partial charge in [0.15, 0.2) is 0 Å². The fraction of sp³-hybridized carbons (Fsp3) is 0.630. The average Bonchev–Trinajstić information content (AvgIpc) is 2.99. The van der Waals surface area contributed by atoms with E-state index in [1.807, 2.05) is 0 Å². The minimum Gasteiger partial charge on any atom is -0.393 e. The maximum absolute atomic E-state index is 10.0. The number of aliphatic hydroxyl groups is 2. The molecule has 2 N–H and O–H groups in total. The average molecular weight is 395 g/mol. The summed E-state index contributed by atoms with van der Waals surface area (Å²) in [5, 5.41) is 19.9. The van der Waals surface area contributed by atoms with Crippen molar-refractivity contribution in [3.8, 4) is 11.8 Å². The van der Waals surface area contributed by atoms with Crippen LogP contribution in [0, 0.1) is 29.1 Å². The largest absolute Gasteiger partial charge is 0.393 e. The Morgan fingerprint density at radius 2 is 2.10 bits per heavy atom. The Balaban J connectivity index is 1.75. The van der Waals surface area contributed by atoms with Gasteiger partial charge in [-0.2, -0.15) is 0 Å². The van der Waals surface area contributed by atoms with E-state index < -0.39 is 5.60 Å². The van der Waals surface area contributed by atoms with Crippen molar-refractivity contribution < 1.29 is 10.2 Å². The lowest BCUT2D eigenvalue weighted by molar-refractivity contribution is 0.143. The van der Waals surface area contributed by atoms with Gasteiger partial charge in [0.2, 0.25) is 0 Å². The zero-order valence-electron chi connectivity index (χ0n) is 18.7. The summed E-state index contributed by atoms with van der Waals surface area (Å²) in [6, 6.07) is 0. The first-order valence-corrected chi connectivity index (χ1v) is 11.3.